The number of thiophene rings is 1. The van der Waals surface area contributed by atoms with E-state index in [9.17, 15) is 4.79 Å². The molecule has 0 N–H and O–H groups in total. The van der Waals surface area contributed by atoms with Gasteiger partial charge in [-0.05, 0) is 41.6 Å². The predicted octanol–water partition coefficient (Wildman–Crippen LogP) is 2.54. The number of benzene rings is 1. The average Bonchev–Trinajstić information content (AvgIpc) is 3.14. The van der Waals surface area contributed by atoms with Crippen LogP contribution in [0.4, 0.5) is 5.69 Å². The normalized spacial score (nSPS) is 14.8. The number of hydrogen-bond acceptors (Lipinski definition) is 5. The predicted molar refractivity (Wildman–Crippen MR) is 102 cm³/mol. The molecule has 1 amide bonds. The van der Waals surface area contributed by atoms with Crippen LogP contribution in [0, 0.1) is 0 Å². The lowest BCUT2D eigenvalue weighted by Crippen LogP contribution is -2.51. The second-order valence-corrected chi connectivity index (χ2v) is 7.12. The van der Waals surface area contributed by atoms with Crippen molar-refractivity contribution in [1.82, 2.24) is 9.80 Å². The Morgan fingerprint density at radius 3 is 2.64 bits per heavy atom. The number of ether oxygens (including phenoxy) is 1. The van der Waals surface area contributed by atoms with E-state index in [-0.39, 0.29) is 5.91 Å². The lowest BCUT2D eigenvalue weighted by Gasteiger charge is -2.37. The molecule has 6 heteroatoms. The van der Waals surface area contributed by atoms with Crippen LogP contribution in [-0.2, 0) is 11.3 Å². The second kappa shape index (κ2) is 8.36. The monoisotopic (exact) mass is 359 g/mol. The second-order valence-electron chi connectivity index (χ2n) is 6.34. The van der Waals surface area contributed by atoms with Gasteiger partial charge >= 0.3 is 0 Å². The zero-order valence-electron chi connectivity index (χ0n) is 14.9. The highest BCUT2D eigenvalue weighted by atomic mass is 32.1. The van der Waals surface area contributed by atoms with E-state index in [4.69, 9.17) is 4.74 Å². The summed E-state index contributed by atoms with van der Waals surface area (Å²) in [6.45, 7) is 4.45. The number of carbonyl (C=O) groups excluding carboxylic acids is 1. The van der Waals surface area contributed by atoms with Crippen molar-refractivity contribution >= 4 is 22.9 Å². The zero-order chi connectivity index (χ0) is 17.6. The Morgan fingerprint density at radius 1 is 1.20 bits per heavy atom. The quantitative estimate of drug-likeness (QED) is 0.794. The first-order chi connectivity index (χ1) is 12.2. The van der Waals surface area contributed by atoms with Crippen LogP contribution < -0.4 is 9.64 Å². The molecular formula is C19H25N3O2S. The van der Waals surface area contributed by atoms with Gasteiger partial charge in [0.25, 0.3) is 0 Å². The molecule has 0 atom stereocenters. The van der Waals surface area contributed by atoms with E-state index in [0.29, 0.717) is 6.54 Å². The molecule has 0 unspecified atom stereocenters. The first-order valence-corrected chi connectivity index (χ1v) is 9.47. The molecule has 1 aromatic carbocycles. The number of amides is 1. The van der Waals surface area contributed by atoms with Crippen LogP contribution in [0.2, 0.25) is 0 Å². The third-order valence-electron chi connectivity index (χ3n) is 4.50. The fraction of sp³-hybridized carbons (Fsp3) is 0.421. The van der Waals surface area contributed by atoms with Gasteiger partial charge in [-0.2, -0.15) is 11.3 Å². The number of likely N-dealkylation sites (N-methyl/N-ethyl adjacent to an activating group) is 1. The summed E-state index contributed by atoms with van der Waals surface area (Å²) in [5.41, 5.74) is 2.37. The van der Waals surface area contributed by atoms with Crippen molar-refractivity contribution in [1.29, 1.82) is 0 Å². The molecule has 0 bridgehead atoms. The van der Waals surface area contributed by atoms with Gasteiger partial charge in [0.05, 0.1) is 19.3 Å². The minimum Gasteiger partial charge on any atom is -0.495 e. The number of anilines is 1. The van der Waals surface area contributed by atoms with Crippen molar-refractivity contribution < 1.29 is 9.53 Å². The number of methoxy groups -OCH3 is 1. The third-order valence-corrected chi connectivity index (χ3v) is 5.23. The van der Waals surface area contributed by atoms with E-state index < -0.39 is 0 Å². The Kier molecular flexibility index (Phi) is 5.94. The van der Waals surface area contributed by atoms with E-state index in [2.05, 4.69) is 32.7 Å². The molecule has 1 aliphatic rings. The van der Waals surface area contributed by atoms with E-state index in [1.165, 1.54) is 5.56 Å². The Balaban J connectivity index is 1.50. The molecule has 0 radical (unpaired) electrons. The summed E-state index contributed by atoms with van der Waals surface area (Å²) in [5, 5.41) is 4.20. The van der Waals surface area contributed by atoms with Crippen molar-refractivity contribution in [3.05, 3.63) is 46.7 Å². The summed E-state index contributed by atoms with van der Waals surface area (Å²) in [6.07, 6.45) is 0. The van der Waals surface area contributed by atoms with E-state index >= 15 is 0 Å². The van der Waals surface area contributed by atoms with Gasteiger partial charge in [-0.25, -0.2) is 0 Å². The number of para-hydroxylation sites is 2. The molecule has 134 valence electrons. The van der Waals surface area contributed by atoms with E-state index in [1.54, 1.807) is 18.4 Å². The number of carbonyl (C=O) groups is 1. The molecule has 2 aromatic rings. The number of hydrogen-bond donors (Lipinski definition) is 0. The van der Waals surface area contributed by atoms with Crippen molar-refractivity contribution in [2.45, 2.75) is 6.54 Å². The first-order valence-electron chi connectivity index (χ1n) is 8.52. The van der Waals surface area contributed by atoms with Crippen LogP contribution in [0.15, 0.2) is 41.1 Å². The fourth-order valence-corrected chi connectivity index (χ4v) is 3.83. The van der Waals surface area contributed by atoms with Crippen LogP contribution in [-0.4, -0.2) is 62.6 Å². The van der Waals surface area contributed by atoms with E-state index in [0.717, 1.165) is 44.2 Å². The summed E-state index contributed by atoms with van der Waals surface area (Å²) in [5.74, 6) is 1.09. The lowest BCUT2D eigenvalue weighted by atomic mass is 10.2. The molecule has 5 nitrogen and oxygen atoms in total. The maximum absolute atomic E-state index is 12.5. The Bertz CT molecular complexity index is 682. The fourth-order valence-electron chi connectivity index (χ4n) is 3.17. The molecule has 0 aliphatic carbocycles. The molecule has 1 fully saturated rings. The molecule has 1 aromatic heterocycles. The van der Waals surface area contributed by atoms with Crippen molar-refractivity contribution in [3.8, 4) is 5.75 Å². The Labute approximate surface area is 153 Å². The summed E-state index contributed by atoms with van der Waals surface area (Å²) >= 11 is 1.69. The molecule has 1 saturated heterocycles. The van der Waals surface area contributed by atoms with Gasteiger partial charge in [-0.3, -0.25) is 9.69 Å². The first kappa shape index (κ1) is 17.8. The van der Waals surface area contributed by atoms with Gasteiger partial charge in [-0.15, -0.1) is 0 Å². The van der Waals surface area contributed by atoms with Gasteiger partial charge < -0.3 is 14.5 Å². The van der Waals surface area contributed by atoms with Crippen LogP contribution in [0.1, 0.15) is 5.56 Å². The van der Waals surface area contributed by atoms with E-state index in [1.807, 2.05) is 30.1 Å². The van der Waals surface area contributed by atoms with Crippen LogP contribution >= 0.6 is 11.3 Å². The van der Waals surface area contributed by atoms with Crippen LogP contribution in [0.3, 0.4) is 0 Å². The van der Waals surface area contributed by atoms with Gasteiger partial charge in [-0.1, -0.05) is 12.1 Å². The molecular weight excluding hydrogens is 334 g/mol. The van der Waals surface area contributed by atoms with Crippen LogP contribution in [0.5, 0.6) is 5.75 Å². The minimum absolute atomic E-state index is 0.206. The Morgan fingerprint density at radius 2 is 1.96 bits per heavy atom. The van der Waals surface area contributed by atoms with Gasteiger partial charge in [0.1, 0.15) is 5.75 Å². The van der Waals surface area contributed by atoms with Gasteiger partial charge in [0, 0.05) is 32.7 Å². The van der Waals surface area contributed by atoms with Gasteiger partial charge in [0.2, 0.25) is 5.91 Å². The topological polar surface area (TPSA) is 36.0 Å². The lowest BCUT2D eigenvalue weighted by molar-refractivity contribution is -0.132. The standard InChI is InChI=1S/C19H25N3O2S/c1-20(13-16-7-12-25-15-16)14-19(23)22-10-8-21(9-11-22)17-5-3-4-6-18(17)24-2/h3-7,12,15H,8-11,13-14H2,1-2H3. The van der Waals surface area contributed by atoms with Crippen molar-refractivity contribution in [3.63, 3.8) is 0 Å². The summed E-state index contributed by atoms with van der Waals surface area (Å²) in [6, 6.07) is 10.2. The summed E-state index contributed by atoms with van der Waals surface area (Å²) < 4.78 is 5.45. The zero-order valence-corrected chi connectivity index (χ0v) is 15.7. The summed E-state index contributed by atoms with van der Waals surface area (Å²) in [4.78, 5) is 18.9. The third kappa shape index (κ3) is 4.52. The molecule has 1 aliphatic heterocycles. The molecule has 2 heterocycles. The minimum atomic E-state index is 0.206. The van der Waals surface area contributed by atoms with Crippen molar-refractivity contribution in [2.75, 3.05) is 51.8 Å². The molecule has 0 spiro atoms. The largest absolute Gasteiger partial charge is 0.495 e. The summed E-state index contributed by atoms with van der Waals surface area (Å²) in [7, 11) is 3.70. The highest BCUT2D eigenvalue weighted by molar-refractivity contribution is 7.07. The number of nitrogens with zero attached hydrogens (tertiary/aromatic N) is 3. The molecule has 0 saturated carbocycles. The average molecular weight is 359 g/mol. The Hall–Kier alpha value is -2.05. The maximum Gasteiger partial charge on any atom is 0.236 e. The smallest absolute Gasteiger partial charge is 0.236 e. The van der Waals surface area contributed by atoms with Gasteiger partial charge in [0.15, 0.2) is 0 Å². The van der Waals surface area contributed by atoms with Crippen LogP contribution in [0.25, 0.3) is 0 Å². The molecule has 25 heavy (non-hydrogen) atoms. The number of rotatable bonds is 6. The van der Waals surface area contributed by atoms with Crippen molar-refractivity contribution in [2.24, 2.45) is 0 Å². The number of piperazine rings is 1. The molecule has 3 rings (SSSR count). The highest BCUT2D eigenvalue weighted by Gasteiger charge is 2.23. The SMILES string of the molecule is COc1ccccc1N1CCN(C(=O)CN(C)Cc2ccsc2)CC1. The highest BCUT2D eigenvalue weighted by Crippen LogP contribution is 2.28. The maximum atomic E-state index is 12.5.